The summed E-state index contributed by atoms with van der Waals surface area (Å²) in [6, 6.07) is 13.6. The Morgan fingerprint density at radius 1 is 1.28 bits per heavy atom. The van der Waals surface area contributed by atoms with Crippen LogP contribution in [-0.2, 0) is 0 Å². The Morgan fingerprint density at radius 2 is 2.11 bits per heavy atom. The van der Waals surface area contributed by atoms with Crippen molar-refractivity contribution in [2.75, 3.05) is 7.05 Å². The van der Waals surface area contributed by atoms with Crippen molar-refractivity contribution in [1.29, 1.82) is 0 Å². The smallest absolute Gasteiger partial charge is 0.0441 e. The molecule has 2 aromatic rings. The van der Waals surface area contributed by atoms with E-state index < -0.39 is 0 Å². The van der Waals surface area contributed by atoms with Gasteiger partial charge in [-0.05, 0) is 55.6 Å². The van der Waals surface area contributed by atoms with Gasteiger partial charge in [0, 0.05) is 20.3 Å². The van der Waals surface area contributed by atoms with E-state index in [0.29, 0.717) is 6.04 Å². The molecule has 1 aliphatic rings. The zero-order valence-electron chi connectivity index (χ0n) is 10.3. The van der Waals surface area contributed by atoms with Crippen LogP contribution in [0.5, 0.6) is 0 Å². The molecule has 1 aliphatic carbocycles. The van der Waals surface area contributed by atoms with Crippen molar-refractivity contribution in [3.63, 3.8) is 0 Å². The van der Waals surface area contributed by atoms with Gasteiger partial charge in [0.25, 0.3) is 0 Å². The van der Waals surface area contributed by atoms with Crippen molar-refractivity contribution in [2.24, 2.45) is 5.92 Å². The quantitative estimate of drug-likeness (QED) is 0.848. The number of nitrogens with one attached hydrogen (secondary N) is 1. The third-order valence-electron chi connectivity index (χ3n) is 3.45. The van der Waals surface area contributed by atoms with Crippen LogP contribution in [0.4, 0.5) is 0 Å². The fourth-order valence-corrected chi connectivity index (χ4v) is 3.96. The first-order valence-corrected chi connectivity index (χ1v) is 7.92. The van der Waals surface area contributed by atoms with Crippen molar-refractivity contribution in [1.82, 2.24) is 5.32 Å². The molecule has 0 radical (unpaired) electrons. The molecule has 1 saturated carbocycles. The Morgan fingerprint density at radius 3 is 2.78 bits per heavy atom. The summed E-state index contributed by atoms with van der Waals surface area (Å²) in [7, 11) is 2.07. The lowest BCUT2D eigenvalue weighted by molar-refractivity contribution is 0.537. The number of halogens is 1. The molecule has 0 saturated heterocycles. The summed E-state index contributed by atoms with van der Waals surface area (Å²) >= 11 is 5.45. The highest BCUT2D eigenvalue weighted by molar-refractivity contribution is 9.10. The molecule has 18 heavy (non-hydrogen) atoms. The van der Waals surface area contributed by atoms with Crippen LogP contribution in [0.3, 0.4) is 0 Å². The van der Waals surface area contributed by atoms with Crippen molar-refractivity contribution in [3.05, 3.63) is 45.7 Å². The minimum atomic E-state index is 0.552. The van der Waals surface area contributed by atoms with Crippen molar-refractivity contribution >= 4 is 27.3 Å². The Balaban J connectivity index is 1.88. The van der Waals surface area contributed by atoms with E-state index in [1.165, 1.54) is 28.2 Å². The Labute approximate surface area is 120 Å². The maximum Gasteiger partial charge on any atom is 0.0441 e. The molecule has 1 aromatic carbocycles. The first-order chi connectivity index (χ1) is 8.78. The highest BCUT2D eigenvalue weighted by atomic mass is 79.9. The number of thiophene rings is 1. The van der Waals surface area contributed by atoms with Gasteiger partial charge < -0.3 is 5.32 Å². The van der Waals surface area contributed by atoms with E-state index in [1.54, 1.807) is 0 Å². The molecule has 0 bridgehead atoms. The molecule has 0 spiro atoms. The largest absolute Gasteiger partial charge is 0.312 e. The first-order valence-electron chi connectivity index (χ1n) is 6.31. The molecule has 3 heteroatoms. The number of benzene rings is 1. The topological polar surface area (TPSA) is 12.0 Å². The van der Waals surface area contributed by atoms with Gasteiger partial charge in [-0.3, -0.25) is 0 Å². The molecule has 0 aliphatic heterocycles. The van der Waals surface area contributed by atoms with Gasteiger partial charge >= 0.3 is 0 Å². The van der Waals surface area contributed by atoms with Gasteiger partial charge in [0.1, 0.15) is 0 Å². The lowest BCUT2D eigenvalue weighted by atomic mass is 10.1. The predicted octanol–water partition coefficient (Wildman–Crippen LogP) is 4.85. The standard InChI is InChI=1S/C15H16BrNS/c1-17-15(10-5-6-10)14-8-7-13(18-14)11-3-2-4-12(16)9-11/h2-4,7-10,15,17H,5-6H2,1H3. The highest BCUT2D eigenvalue weighted by Gasteiger charge is 2.32. The molecule has 0 amide bonds. The second-order valence-corrected chi connectivity index (χ2v) is 6.85. The van der Waals surface area contributed by atoms with Crippen LogP contribution >= 0.6 is 27.3 Å². The van der Waals surface area contributed by atoms with Crippen LogP contribution in [0.2, 0.25) is 0 Å². The number of rotatable bonds is 4. The van der Waals surface area contributed by atoms with Crippen LogP contribution in [-0.4, -0.2) is 7.05 Å². The fourth-order valence-electron chi connectivity index (χ4n) is 2.36. The lowest BCUT2D eigenvalue weighted by Gasteiger charge is -2.12. The van der Waals surface area contributed by atoms with Crippen LogP contribution in [0, 0.1) is 5.92 Å². The maximum atomic E-state index is 3.53. The molecule has 1 N–H and O–H groups in total. The molecule has 1 unspecified atom stereocenters. The third kappa shape index (κ3) is 2.53. The summed E-state index contributed by atoms with van der Waals surface area (Å²) in [4.78, 5) is 2.82. The minimum absolute atomic E-state index is 0.552. The highest BCUT2D eigenvalue weighted by Crippen LogP contribution is 2.44. The average molecular weight is 322 g/mol. The van der Waals surface area contributed by atoms with Gasteiger partial charge in [0.2, 0.25) is 0 Å². The summed E-state index contributed by atoms with van der Waals surface area (Å²) in [6.07, 6.45) is 2.74. The fraction of sp³-hybridized carbons (Fsp3) is 0.333. The number of hydrogen-bond acceptors (Lipinski definition) is 2. The van der Waals surface area contributed by atoms with Gasteiger partial charge in [0.05, 0.1) is 0 Å². The van der Waals surface area contributed by atoms with Crippen LogP contribution in [0.15, 0.2) is 40.9 Å². The van der Waals surface area contributed by atoms with Gasteiger partial charge in [-0.25, -0.2) is 0 Å². The van der Waals surface area contributed by atoms with Crippen molar-refractivity contribution in [2.45, 2.75) is 18.9 Å². The molecule has 1 nitrogen and oxygen atoms in total. The second kappa shape index (κ2) is 5.16. The van der Waals surface area contributed by atoms with Crippen LogP contribution in [0.1, 0.15) is 23.8 Å². The van der Waals surface area contributed by atoms with Gasteiger partial charge in [-0.1, -0.05) is 28.1 Å². The average Bonchev–Trinajstić information content (AvgIpc) is 3.07. The van der Waals surface area contributed by atoms with E-state index in [-0.39, 0.29) is 0 Å². The molecule has 94 valence electrons. The maximum absolute atomic E-state index is 3.53. The van der Waals surface area contributed by atoms with Crippen LogP contribution in [0.25, 0.3) is 10.4 Å². The SMILES string of the molecule is CNC(c1ccc(-c2cccc(Br)c2)s1)C1CC1. The molecular formula is C15H16BrNS. The normalized spacial score (nSPS) is 16.8. The molecule has 1 aromatic heterocycles. The third-order valence-corrected chi connectivity index (χ3v) is 5.16. The van der Waals surface area contributed by atoms with Crippen molar-refractivity contribution in [3.8, 4) is 10.4 Å². The van der Waals surface area contributed by atoms with E-state index >= 15 is 0 Å². The Kier molecular flexibility index (Phi) is 3.55. The Bertz CT molecular complexity index is 545. The minimum Gasteiger partial charge on any atom is -0.312 e. The van der Waals surface area contributed by atoms with Crippen LogP contribution < -0.4 is 5.32 Å². The van der Waals surface area contributed by atoms with E-state index in [2.05, 4.69) is 64.7 Å². The summed E-state index contributed by atoms with van der Waals surface area (Å²) in [5.41, 5.74) is 1.30. The predicted molar refractivity (Wildman–Crippen MR) is 82.0 cm³/mol. The van der Waals surface area contributed by atoms with E-state index in [4.69, 9.17) is 0 Å². The zero-order chi connectivity index (χ0) is 12.5. The second-order valence-electron chi connectivity index (χ2n) is 4.82. The zero-order valence-corrected chi connectivity index (χ0v) is 12.7. The van der Waals surface area contributed by atoms with Gasteiger partial charge in [0.15, 0.2) is 0 Å². The lowest BCUT2D eigenvalue weighted by Crippen LogP contribution is -2.16. The van der Waals surface area contributed by atoms with E-state index in [9.17, 15) is 0 Å². The molecule has 1 fully saturated rings. The molecule has 3 rings (SSSR count). The summed E-state index contributed by atoms with van der Waals surface area (Å²) in [5.74, 6) is 0.851. The summed E-state index contributed by atoms with van der Waals surface area (Å²) in [5, 5.41) is 3.46. The summed E-state index contributed by atoms with van der Waals surface area (Å²) < 4.78 is 1.14. The molecular weight excluding hydrogens is 306 g/mol. The number of hydrogen-bond donors (Lipinski definition) is 1. The molecule has 1 heterocycles. The van der Waals surface area contributed by atoms with E-state index in [0.717, 1.165) is 10.4 Å². The van der Waals surface area contributed by atoms with Gasteiger partial charge in [-0.15, -0.1) is 11.3 Å². The summed E-state index contributed by atoms with van der Waals surface area (Å²) in [6.45, 7) is 0. The first kappa shape index (κ1) is 12.4. The Hall–Kier alpha value is -0.640. The van der Waals surface area contributed by atoms with Crippen molar-refractivity contribution < 1.29 is 0 Å². The monoisotopic (exact) mass is 321 g/mol. The van der Waals surface area contributed by atoms with E-state index in [1.807, 2.05) is 11.3 Å². The van der Waals surface area contributed by atoms with Gasteiger partial charge in [-0.2, -0.15) is 0 Å². The molecule has 1 atom stereocenters.